The smallest absolute Gasteiger partial charge is 0.0570 e. The number of fused-ring (bicyclic) bond motifs is 6. The Morgan fingerprint density at radius 1 is 0.759 bits per heavy atom. The first-order chi connectivity index (χ1) is 14.3. The van der Waals surface area contributed by atoms with E-state index in [2.05, 4.69) is 97.3 Å². The molecule has 6 aromatic rings. The third kappa shape index (κ3) is 2.33. The van der Waals surface area contributed by atoms with E-state index in [1.165, 1.54) is 58.8 Å². The van der Waals surface area contributed by atoms with Crippen molar-refractivity contribution in [3.05, 3.63) is 90.0 Å². The normalized spacial score (nSPS) is 11.9. The average Bonchev–Trinajstić information content (AvgIpc) is 3.30. The van der Waals surface area contributed by atoms with Crippen molar-refractivity contribution in [1.29, 1.82) is 0 Å². The number of rotatable bonds is 2. The largest absolute Gasteiger partial charge is 0.309 e. The Balaban J connectivity index is 1.81. The summed E-state index contributed by atoms with van der Waals surface area (Å²) in [6.45, 7) is 4.48. The second kappa shape index (κ2) is 6.20. The van der Waals surface area contributed by atoms with Gasteiger partial charge < -0.3 is 4.57 Å². The zero-order chi connectivity index (χ0) is 19.5. The highest BCUT2D eigenvalue weighted by Gasteiger charge is 2.16. The van der Waals surface area contributed by atoms with Crippen molar-refractivity contribution >= 4 is 53.3 Å². The summed E-state index contributed by atoms with van der Waals surface area (Å²) >= 11 is 1.92. The molecular formula is C27H21NS. The summed E-state index contributed by atoms with van der Waals surface area (Å²) in [6.07, 6.45) is 1.03. The number of aryl methyl sites for hydroxylation is 2. The molecule has 2 aromatic heterocycles. The Morgan fingerprint density at radius 3 is 2.38 bits per heavy atom. The fraction of sp³-hybridized carbons (Fsp3) is 0.111. The van der Waals surface area contributed by atoms with Crippen molar-refractivity contribution in [2.75, 3.05) is 0 Å². The zero-order valence-corrected chi connectivity index (χ0v) is 17.4. The number of hydrogen-bond donors (Lipinski definition) is 0. The number of nitrogens with zero attached hydrogens (tertiary/aromatic N) is 1. The van der Waals surface area contributed by atoms with Crippen LogP contribution in [-0.2, 0) is 6.42 Å². The molecule has 4 aromatic carbocycles. The van der Waals surface area contributed by atoms with Gasteiger partial charge in [-0.25, -0.2) is 0 Å². The second-order valence-corrected chi connectivity index (χ2v) is 8.81. The lowest BCUT2D eigenvalue weighted by Crippen LogP contribution is -1.97. The first-order valence-corrected chi connectivity index (χ1v) is 11.0. The number of thiophene rings is 1. The van der Waals surface area contributed by atoms with Crippen LogP contribution < -0.4 is 0 Å². The van der Waals surface area contributed by atoms with Gasteiger partial charge in [-0.1, -0.05) is 61.5 Å². The van der Waals surface area contributed by atoms with E-state index in [0.29, 0.717) is 0 Å². The Kier molecular flexibility index (Phi) is 3.60. The minimum absolute atomic E-state index is 1.03. The number of aromatic nitrogens is 1. The van der Waals surface area contributed by atoms with Gasteiger partial charge >= 0.3 is 0 Å². The molecule has 6 rings (SSSR count). The van der Waals surface area contributed by atoms with E-state index in [4.69, 9.17) is 0 Å². The third-order valence-corrected chi connectivity index (χ3v) is 7.34. The van der Waals surface area contributed by atoms with Crippen LogP contribution in [0.4, 0.5) is 0 Å². The van der Waals surface area contributed by atoms with Gasteiger partial charge in [0.2, 0.25) is 0 Å². The van der Waals surface area contributed by atoms with Crippen LogP contribution in [-0.4, -0.2) is 4.57 Å². The molecule has 0 aliphatic rings. The van der Waals surface area contributed by atoms with Crippen LogP contribution in [0.3, 0.4) is 0 Å². The second-order valence-electron chi connectivity index (χ2n) is 7.76. The molecule has 0 aliphatic heterocycles. The average molecular weight is 392 g/mol. The molecule has 0 bridgehead atoms. The number of hydrogen-bond acceptors (Lipinski definition) is 1. The quantitative estimate of drug-likeness (QED) is 0.281. The zero-order valence-electron chi connectivity index (χ0n) is 16.6. The van der Waals surface area contributed by atoms with Crippen LogP contribution in [0.1, 0.15) is 18.1 Å². The highest BCUT2D eigenvalue weighted by Crippen LogP contribution is 2.40. The first-order valence-electron chi connectivity index (χ1n) is 10.2. The van der Waals surface area contributed by atoms with Crippen LogP contribution in [0.25, 0.3) is 47.7 Å². The molecule has 0 spiro atoms. The summed E-state index contributed by atoms with van der Waals surface area (Å²) in [5.41, 5.74) is 6.59. The molecule has 0 N–H and O–H groups in total. The SMILES string of the molecule is CCc1cc(-n2c3ccccc3c3cccc(C)c32)cc2c1sc1ccccc12. The maximum Gasteiger partial charge on any atom is 0.0570 e. The fourth-order valence-electron chi connectivity index (χ4n) is 4.73. The molecular weight excluding hydrogens is 370 g/mol. The minimum atomic E-state index is 1.03. The van der Waals surface area contributed by atoms with Gasteiger partial charge in [-0.05, 0) is 48.7 Å². The van der Waals surface area contributed by atoms with Crippen molar-refractivity contribution in [3.8, 4) is 5.69 Å². The van der Waals surface area contributed by atoms with Crippen LogP contribution in [0, 0.1) is 6.92 Å². The van der Waals surface area contributed by atoms with Crippen LogP contribution in [0.5, 0.6) is 0 Å². The van der Waals surface area contributed by atoms with E-state index in [1.807, 2.05) is 11.3 Å². The lowest BCUT2D eigenvalue weighted by molar-refractivity contribution is 1.12. The maximum absolute atomic E-state index is 2.46. The number of para-hydroxylation sites is 2. The summed E-state index contributed by atoms with van der Waals surface area (Å²) in [5, 5.41) is 5.38. The van der Waals surface area contributed by atoms with Crippen LogP contribution >= 0.6 is 11.3 Å². The molecule has 0 radical (unpaired) electrons. The predicted octanol–water partition coefficient (Wildman–Crippen LogP) is 8.02. The summed E-state index contributed by atoms with van der Waals surface area (Å²) in [7, 11) is 0. The van der Waals surface area contributed by atoms with E-state index >= 15 is 0 Å². The van der Waals surface area contributed by atoms with Crippen LogP contribution in [0.2, 0.25) is 0 Å². The molecule has 2 heterocycles. The monoisotopic (exact) mass is 391 g/mol. The summed E-state index contributed by atoms with van der Waals surface area (Å²) < 4.78 is 5.26. The van der Waals surface area contributed by atoms with Gasteiger partial charge in [0, 0.05) is 36.6 Å². The summed E-state index contributed by atoms with van der Waals surface area (Å²) in [5.74, 6) is 0. The van der Waals surface area contributed by atoms with Crippen LogP contribution in [0.15, 0.2) is 78.9 Å². The fourth-order valence-corrected chi connectivity index (χ4v) is 6.00. The molecule has 140 valence electrons. The highest BCUT2D eigenvalue weighted by molar-refractivity contribution is 7.26. The lowest BCUT2D eigenvalue weighted by Gasteiger charge is -2.12. The topological polar surface area (TPSA) is 4.93 Å². The van der Waals surface area contributed by atoms with E-state index in [-0.39, 0.29) is 0 Å². The van der Waals surface area contributed by atoms with Crippen molar-refractivity contribution < 1.29 is 0 Å². The van der Waals surface area contributed by atoms with Gasteiger partial charge in [-0.15, -0.1) is 11.3 Å². The van der Waals surface area contributed by atoms with Gasteiger partial charge in [0.1, 0.15) is 0 Å². The molecule has 2 heteroatoms. The van der Waals surface area contributed by atoms with Gasteiger partial charge in [0.25, 0.3) is 0 Å². The molecule has 0 fully saturated rings. The molecule has 0 saturated carbocycles. The molecule has 0 atom stereocenters. The van der Waals surface area contributed by atoms with Gasteiger partial charge in [-0.3, -0.25) is 0 Å². The molecule has 29 heavy (non-hydrogen) atoms. The first kappa shape index (κ1) is 16.8. The van der Waals surface area contributed by atoms with E-state index in [1.54, 1.807) is 0 Å². The van der Waals surface area contributed by atoms with Gasteiger partial charge in [0.05, 0.1) is 11.0 Å². The maximum atomic E-state index is 2.46. The Bertz CT molecular complexity index is 1550. The van der Waals surface area contributed by atoms with Crippen molar-refractivity contribution in [2.45, 2.75) is 20.3 Å². The Hall–Kier alpha value is -3.10. The molecule has 0 unspecified atom stereocenters. The third-order valence-electron chi connectivity index (χ3n) is 6.08. The van der Waals surface area contributed by atoms with E-state index in [9.17, 15) is 0 Å². The number of benzene rings is 4. The van der Waals surface area contributed by atoms with Gasteiger partial charge in [-0.2, -0.15) is 0 Å². The highest BCUT2D eigenvalue weighted by atomic mass is 32.1. The molecule has 0 saturated heterocycles. The van der Waals surface area contributed by atoms with E-state index < -0.39 is 0 Å². The Morgan fingerprint density at radius 2 is 1.52 bits per heavy atom. The molecule has 1 nitrogen and oxygen atoms in total. The standard InChI is InChI=1S/C27H21NS/c1-3-18-15-19(16-23-21-11-5-7-14-25(21)29-27(18)23)28-24-13-6-4-10-20(24)22-12-8-9-17(2)26(22)28/h4-16H,3H2,1-2H3. The van der Waals surface area contributed by atoms with Crippen molar-refractivity contribution in [1.82, 2.24) is 4.57 Å². The molecule has 0 aliphatic carbocycles. The molecule has 0 amide bonds. The summed E-state index contributed by atoms with van der Waals surface area (Å²) in [6, 6.07) is 29.0. The lowest BCUT2D eigenvalue weighted by atomic mass is 10.1. The predicted molar refractivity (Wildman–Crippen MR) is 128 cm³/mol. The Labute approximate surface area is 173 Å². The summed E-state index contributed by atoms with van der Waals surface area (Å²) in [4.78, 5) is 0. The van der Waals surface area contributed by atoms with E-state index in [0.717, 1.165) is 6.42 Å². The van der Waals surface area contributed by atoms with Gasteiger partial charge in [0.15, 0.2) is 0 Å². The van der Waals surface area contributed by atoms with Crippen molar-refractivity contribution in [2.24, 2.45) is 0 Å². The minimum Gasteiger partial charge on any atom is -0.309 e. The van der Waals surface area contributed by atoms with Crippen molar-refractivity contribution in [3.63, 3.8) is 0 Å².